The van der Waals surface area contributed by atoms with Crippen molar-refractivity contribution in [1.29, 1.82) is 0 Å². The van der Waals surface area contributed by atoms with Crippen molar-refractivity contribution in [3.8, 4) is 5.75 Å². The lowest BCUT2D eigenvalue weighted by Gasteiger charge is -2.42. The van der Waals surface area contributed by atoms with Crippen molar-refractivity contribution < 1.29 is 9.16 Å². The standard InChI is InChI=1S/C31H47N5O2Si/c1-21(2)39(22(3)4,23(5)6)37-19-18-35-17-9-12-28(35)31-34-33-30-16-13-24(20-36(30)31)38-29-15-14-27(32)25-10-7-8-11-26(25)29/h7-8,10-11,13,16,20-23,27-29H,9,12,14-15,17-19,32H2,1-6H3/t27-,28?,29+/m0/s1. The van der Waals surface area contributed by atoms with Gasteiger partial charge in [-0.3, -0.25) is 9.30 Å². The lowest BCUT2D eigenvalue weighted by molar-refractivity contribution is 0.174. The van der Waals surface area contributed by atoms with E-state index in [9.17, 15) is 0 Å². The number of likely N-dealkylation sites (tertiary alicyclic amines) is 1. The van der Waals surface area contributed by atoms with Gasteiger partial charge in [0.15, 0.2) is 19.8 Å². The van der Waals surface area contributed by atoms with Gasteiger partial charge in [0.2, 0.25) is 0 Å². The van der Waals surface area contributed by atoms with Gasteiger partial charge in [-0.05, 0) is 72.1 Å². The van der Waals surface area contributed by atoms with Crippen LogP contribution in [0.15, 0.2) is 42.6 Å². The summed E-state index contributed by atoms with van der Waals surface area (Å²) in [6.45, 7) is 16.9. The molecule has 5 rings (SSSR count). The summed E-state index contributed by atoms with van der Waals surface area (Å²) in [6.07, 6.45) is 6.16. The molecule has 2 aromatic heterocycles. The Balaban J connectivity index is 1.32. The van der Waals surface area contributed by atoms with Crippen molar-refractivity contribution in [3.63, 3.8) is 0 Å². The van der Waals surface area contributed by atoms with Gasteiger partial charge >= 0.3 is 0 Å². The minimum absolute atomic E-state index is 0.00538. The summed E-state index contributed by atoms with van der Waals surface area (Å²) < 4.78 is 15.6. The quantitative estimate of drug-likeness (QED) is 0.275. The van der Waals surface area contributed by atoms with Gasteiger partial charge in [-0.1, -0.05) is 65.8 Å². The van der Waals surface area contributed by atoms with Crippen LogP contribution in [0.25, 0.3) is 5.65 Å². The molecule has 212 valence electrons. The molecule has 2 aliphatic rings. The molecule has 1 fully saturated rings. The SMILES string of the molecule is CC(C)[Si](OCCN1CCCC1c1nnc2ccc(O[C@@H]3CC[C@H](N)c4ccccc43)cn12)(C(C)C)C(C)C. The highest BCUT2D eigenvalue weighted by Crippen LogP contribution is 2.42. The van der Waals surface area contributed by atoms with E-state index in [2.05, 4.69) is 91.5 Å². The first-order chi connectivity index (χ1) is 18.7. The topological polar surface area (TPSA) is 77.9 Å². The molecule has 1 aliphatic heterocycles. The van der Waals surface area contributed by atoms with Crippen LogP contribution in [0.2, 0.25) is 16.6 Å². The second-order valence-corrected chi connectivity index (χ2v) is 17.9. The molecule has 2 N–H and O–H groups in total. The van der Waals surface area contributed by atoms with Gasteiger partial charge in [0.05, 0.1) is 12.2 Å². The van der Waals surface area contributed by atoms with E-state index in [4.69, 9.17) is 14.9 Å². The van der Waals surface area contributed by atoms with Gasteiger partial charge in [0.25, 0.3) is 0 Å². The van der Waals surface area contributed by atoms with E-state index in [1.807, 2.05) is 12.1 Å². The van der Waals surface area contributed by atoms with E-state index in [0.29, 0.717) is 16.6 Å². The molecule has 8 heteroatoms. The largest absolute Gasteiger partial charge is 0.484 e. The smallest absolute Gasteiger partial charge is 0.200 e. The molecule has 1 aliphatic carbocycles. The third-order valence-corrected chi connectivity index (χ3v) is 15.4. The first-order valence-corrected chi connectivity index (χ1v) is 17.1. The molecule has 7 nitrogen and oxygen atoms in total. The average Bonchev–Trinajstić information content (AvgIpc) is 3.54. The van der Waals surface area contributed by atoms with Gasteiger partial charge in [-0.25, -0.2) is 0 Å². The number of fused-ring (bicyclic) bond motifs is 2. The molecular weight excluding hydrogens is 502 g/mol. The highest BCUT2D eigenvalue weighted by Gasteiger charge is 2.45. The van der Waals surface area contributed by atoms with E-state index in [0.717, 1.165) is 62.6 Å². The van der Waals surface area contributed by atoms with E-state index in [-0.39, 0.29) is 18.2 Å². The van der Waals surface area contributed by atoms with Gasteiger partial charge in [-0.15, -0.1) is 10.2 Å². The van der Waals surface area contributed by atoms with E-state index in [1.165, 1.54) is 11.1 Å². The molecule has 3 atom stereocenters. The van der Waals surface area contributed by atoms with Crippen molar-refractivity contribution in [2.75, 3.05) is 19.7 Å². The van der Waals surface area contributed by atoms with Crippen molar-refractivity contribution in [2.24, 2.45) is 5.73 Å². The fourth-order valence-corrected chi connectivity index (χ4v) is 12.9. The first kappa shape index (κ1) is 28.3. The predicted octanol–water partition coefficient (Wildman–Crippen LogP) is 6.97. The second kappa shape index (κ2) is 11.7. The zero-order chi connectivity index (χ0) is 27.7. The highest BCUT2D eigenvalue weighted by atomic mass is 28.4. The first-order valence-electron chi connectivity index (χ1n) is 15.0. The number of rotatable bonds is 10. The summed E-state index contributed by atoms with van der Waals surface area (Å²) in [7, 11) is -1.87. The number of aromatic nitrogens is 3. The van der Waals surface area contributed by atoms with Gasteiger partial charge in [0, 0.05) is 19.2 Å². The maximum atomic E-state index is 6.89. The normalized spacial score (nSPS) is 22.4. The van der Waals surface area contributed by atoms with Crippen LogP contribution in [-0.2, 0) is 4.43 Å². The number of ether oxygens (including phenoxy) is 1. The van der Waals surface area contributed by atoms with Gasteiger partial charge in [0.1, 0.15) is 11.9 Å². The molecule has 0 bridgehead atoms. The third kappa shape index (κ3) is 5.41. The highest BCUT2D eigenvalue weighted by molar-refractivity contribution is 6.77. The van der Waals surface area contributed by atoms with Crippen LogP contribution in [0.1, 0.15) is 102 Å². The van der Waals surface area contributed by atoms with Crippen LogP contribution < -0.4 is 10.5 Å². The van der Waals surface area contributed by atoms with E-state index < -0.39 is 8.32 Å². The van der Waals surface area contributed by atoms with Crippen molar-refractivity contribution in [2.45, 2.75) is 102 Å². The Morgan fingerprint density at radius 2 is 1.64 bits per heavy atom. The fraction of sp³-hybridized carbons (Fsp3) is 0.613. The molecule has 0 amide bonds. The predicted molar refractivity (Wildman–Crippen MR) is 160 cm³/mol. The number of hydrogen-bond donors (Lipinski definition) is 1. The van der Waals surface area contributed by atoms with Crippen LogP contribution in [0, 0.1) is 0 Å². The van der Waals surface area contributed by atoms with Crippen LogP contribution >= 0.6 is 0 Å². The van der Waals surface area contributed by atoms with Crippen molar-refractivity contribution in [3.05, 3.63) is 59.5 Å². The summed E-state index contributed by atoms with van der Waals surface area (Å²) in [4.78, 5) is 2.54. The number of hydrogen-bond acceptors (Lipinski definition) is 6. The average molecular weight is 550 g/mol. The van der Waals surface area contributed by atoms with E-state index >= 15 is 0 Å². The summed E-state index contributed by atoms with van der Waals surface area (Å²) in [5.74, 6) is 1.84. The maximum absolute atomic E-state index is 6.89. The molecule has 3 aromatic rings. The molecule has 1 aromatic carbocycles. The van der Waals surface area contributed by atoms with Crippen LogP contribution in [0.5, 0.6) is 5.75 Å². The Morgan fingerprint density at radius 3 is 2.36 bits per heavy atom. The Labute approximate surface area is 235 Å². The van der Waals surface area contributed by atoms with Crippen molar-refractivity contribution in [1.82, 2.24) is 19.5 Å². The summed E-state index contributed by atoms with van der Waals surface area (Å²) in [5, 5.41) is 9.18. The summed E-state index contributed by atoms with van der Waals surface area (Å²) in [5.41, 5.74) is 11.4. The molecule has 39 heavy (non-hydrogen) atoms. The zero-order valence-electron chi connectivity index (χ0n) is 24.6. The Kier molecular flexibility index (Phi) is 8.47. The monoisotopic (exact) mass is 549 g/mol. The summed E-state index contributed by atoms with van der Waals surface area (Å²) >= 11 is 0. The third-order valence-electron chi connectivity index (χ3n) is 9.26. The summed E-state index contributed by atoms with van der Waals surface area (Å²) in [6, 6.07) is 12.8. The number of benzene rings is 1. The van der Waals surface area contributed by atoms with Gasteiger partial charge < -0.3 is 14.9 Å². The Bertz CT molecular complexity index is 1240. The number of pyridine rings is 1. The molecule has 1 saturated heterocycles. The minimum atomic E-state index is -1.87. The van der Waals surface area contributed by atoms with Crippen LogP contribution in [0.3, 0.4) is 0 Å². The zero-order valence-corrected chi connectivity index (χ0v) is 25.6. The molecule has 1 unspecified atom stereocenters. The molecule has 0 radical (unpaired) electrons. The van der Waals surface area contributed by atoms with Crippen molar-refractivity contribution >= 4 is 14.0 Å². The van der Waals surface area contributed by atoms with E-state index in [1.54, 1.807) is 0 Å². The lowest BCUT2D eigenvalue weighted by atomic mass is 9.86. The van der Waals surface area contributed by atoms with Gasteiger partial charge in [-0.2, -0.15) is 0 Å². The second-order valence-electron chi connectivity index (χ2n) is 12.4. The van der Waals surface area contributed by atoms with Crippen LogP contribution in [0.4, 0.5) is 0 Å². The molecular formula is C31H47N5O2Si. The molecule has 3 heterocycles. The lowest BCUT2D eigenvalue weighted by Crippen LogP contribution is -2.49. The fourth-order valence-electron chi connectivity index (χ4n) is 7.48. The maximum Gasteiger partial charge on any atom is 0.200 e. The Morgan fingerprint density at radius 1 is 0.923 bits per heavy atom. The number of nitrogens with zero attached hydrogens (tertiary/aromatic N) is 4. The molecule has 0 spiro atoms. The number of nitrogens with two attached hydrogens (primary N) is 1. The van der Waals surface area contributed by atoms with Crippen LogP contribution in [-0.4, -0.2) is 47.5 Å². The molecule has 0 saturated carbocycles. The minimum Gasteiger partial charge on any atom is -0.484 e. The Hall–Kier alpha value is -2.26.